The highest BCUT2D eigenvalue weighted by molar-refractivity contribution is 7.99. The Kier molecular flexibility index (Phi) is 9.27. The van der Waals surface area contributed by atoms with E-state index >= 15 is 0 Å². The Morgan fingerprint density at radius 3 is 2.55 bits per heavy atom. The number of halogens is 2. The van der Waals surface area contributed by atoms with E-state index in [-0.39, 0.29) is 6.10 Å². The molecule has 0 aliphatic heterocycles. The molecule has 0 amide bonds. The van der Waals surface area contributed by atoms with Gasteiger partial charge in [-0.25, -0.2) is 4.98 Å². The van der Waals surface area contributed by atoms with E-state index in [0.717, 1.165) is 11.4 Å². The Bertz CT molecular complexity index is 904. The Hall–Kier alpha value is -2.26. The molecule has 0 radical (unpaired) electrons. The molecule has 10 heteroatoms. The van der Waals surface area contributed by atoms with Crippen LogP contribution in [-0.4, -0.2) is 26.2 Å². The lowest BCUT2D eigenvalue weighted by Gasteiger charge is -2.17. The van der Waals surface area contributed by atoms with Gasteiger partial charge in [0.1, 0.15) is 11.9 Å². The summed E-state index contributed by atoms with van der Waals surface area (Å²) in [4.78, 5) is 17.0. The first-order chi connectivity index (χ1) is 13.8. The lowest BCUT2D eigenvalue weighted by Crippen LogP contribution is -2.10. The molecule has 0 saturated carbocycles. The summed E-state index contributed by atoms with van der Waals surface area (Å²) in [6.45, 7) is 2.08. The molecular weight excluding hydrogens is 437 g/mol. The van der Waals surface area contributed by atoms with E-state index in [4.69, 9.17) is 43.3 Å². The first kappa shape index (κ1) is 23.0. The van der Waals surface area contributed by atoms with Crippen LogP contribution in [0.25, 0.3) is 0 Å². The van der Waals surface area contributed by atoms with Crippen molar-refractivity contribution in [1.29, 1.82) is 0 Å². The summed E-state index contributed by atoms with van der Waals surface area (Å²) in [5.41, 5.74) is 2.23. The fourth-order valence-electron chi connectivity index (χ4n) is 2.39. The third-order valence-electron chi connectivity index (χ3n) is 3.76. The number of aryl methyl sites for hydroxylation is 1. The van der Waals surface area contributed by atoms with E-state index in [9.17, 15) is 0 Å². The van der Waals surface area contributed by atoms with Crippen molar-refractivity contribution in [2.24, 2.45) is 0 Å². The van der Waals surface area contributed by atoms with Gasteiger partial charge in [0.05, 0.1) is 5.94 Å². The Morgan fingerprint density at radius 2 is 1.97 bits per heavy atom. The number of rotatable bonds is 7. The first-order valence-electron chi connectivity index (χ1n) is 8.42. The van der Waals surface area contributed by atoms with Gasteiger partial charge in [-0.3, -0.25) is 0 Å². The second-order valence-electron chi connectivity index (χ2n) is 5.88. The van der Waals surface area contributed by atoms with Crippen LogP contribution in [0.4, 0.5) is 0 Å². The largest absolute Gasteiger partial charge is 0.359 e. The van der Waals surface area contributed by atoms with Crippen LogP contribution in [0.5, 0.6) is 0 Å². The Balaban J connectivity index is 0.000000687. The number of benzene rings is 2. The summed E-state index contributed by atoms with van der Waals surface area (Å²) in [5.74, 6) is 1.31. The summed E-state index contributed by atoms with van der Waals surface area (Å²) >= 11 is 13.9. The van der Waals surface area contributed by atoms with Gasteiger partial charge in [-0.05, 0) is 36.8 Å². The Morgan fingerprint density at radius 1 is 1.28 bits per heavy atom. The minimum Gasteiger partial charge on any atom is -0.359 e. The van der Waals surface area contributed by atoms with Crippen molar-refractivity contribution >= 4 is 35.0 Å². The van der Waals surface area contributed by atoms with Crippen LogP contribution in [0.1, 0.15) is 23.1 Å². The molecule has 0 saturated heterocycles. The molecule has 1 aromatic heterocycles. The summed E-state index contributed by atoms with van der Waals surface area (Å²) < 4.78 is 6.09. The number of H-pyrrole nitrogens is 1. The van der Waals surface area contributed by atoms with Gasteiger partial charge in [-0.2, -0.15) is 0 Å². The van der Waals surface area contributed by atoms with Gasteiger partial charge in [-0.1, -0.05) is 58.7 Å². The van der Waals surface area contributed by atoms with E-state index in [1.54, 1.807) is 30.2 Å². The molecule has 154 valence electrons. The molecule has 0 spiro atoms. The third-order valence-corrected chi connectivity index (χ3v) is 5.21. The average molecular weight is 456 g/mol. The third kappa shape index (κ3) is 8.33. The Labute approximate surface area is 182 Å². The predicted octanol–water partition coefficient (Wildman–Crippen LogP) is 5.73. The van der Waals surface area contributed by atoms with Crippen LogP contribution in [0.15, 0.2) is 59.8 Å². The van der Waals surface area contributed by atoms with Gasteiger partial charge in [-0.15, -0.1) is 10.1 Å². The second-order valence-corrected chi connectivity index (χ2v) is 7.72. The zero-order valence-corrected chi connectivity index (χ0v) is 17.7. The maximum atomic E-state index is 8.36. The van der Waals surface area contributed by atoms with E-state index in [1.807, 2.05) is 12.1 Å². The van der Waals surface area contributed by atoms with Crippen LogP contribution in [-0.2, 0) is 11.2 Å². The molecule has 2 N–H and O–H groups in total. The molecule has 1 unspecified atom stereocenters. The van der Waals surface area contributed by atoms with Gasteiger partial charge < -0.3 is 14.9 Å². The monoisotopic (exact) mass is 455 g/mol. The van der Waals surface area contributed by atoms with Crippen molar-refractivity contribution in [3.8, 4) is 0 Å². The van der Waals surface area contributed by atoms with E-state index < -0.39 is 5.09 Å². The van der Waals surface area contributed by atoms with Crippen LogP contribution < -0.4 is 0 Å². The smallest absolute Gasteiger partial charge is 0.291 e. The topological polar surface area (TPSA) is 101 Å². The summed E-state index contributed by atoms with van der Waals surface area (Å²) in [5, 5.41) is 14.9. The van der Waals surface area contributed by atoms with Gasteiger partial charge in [0.15, 0.2) is 0 Å². The molecule has 0 aliphatic carbocycles. The van der Waals surface area contributed by atoms with Crippen molar-refractivity contribution in [2.45, 2.75) is 24.3 Å². The number of aromatic nitrogens is 2. The highest BCUT2D eigenvalue weighted by Crippen LogP contribution is 2.28. The molecule has 0 bridgehead atoms. The molecule has 1 atom stereocenters. The van der Waals surface area contributed by atoms with Crippen molar-refractivity contribution in [2.75, 3.05) is 5.94 Å². The zero-order chi connectivity index (χ0) is 21.2. The highest BCUT2D eigenvalue weighted by Gasteiger charge is 2.17. The van der Waals surface area contributed by atoms with Crippen LogP contribution in [0.3, 0.4) is 0 Å². The number of aromatic amines is 1. The standard InChI is InChI=1S/C19H18Cl2N2OS.HNO3/c1-13-2-6-16(7-3-13)25-12-24-18(19-22-8-9-23-19)10-14-4-5-15(20)11-17(14)21;2-1(3)4/h2-9,11,18H,10,12H2,1H3,(H,22,23);(H,2,3,4). The summed E-state index contributed by atoms with van der Waals surface area (Å²) in [7, 11) is 0. The van der Waals surface area contributed by atoms with Gasteiger partial charge in [0, 0.05) is 33.8 Å². The van der Waals surface area contributed by atoms with Gasteiger partial charge in [0.25, 0.3) is 5.09 Å². The van der Waals surface area contributed by atoms with Crippen molar-refractivity contribution in [3.05, 3.63) is 92.0 Å². The summed E-state index contributed by atoms with van der Waals surface area (Å²) in [6, 6.07) is 13.9. The lowest BCUT2D eigenvalue weighted by molar-refractivity contribution is -0.742. The van der Waals surface area contributed by atoms with Crippen LogP contribution in [0.2, 0.25) is 10.0 Å². The molecule has 0 aliphatic rings. The number of nitrogens with zero attached hydrogens (tertiary/aromatic N) is 2. The zero-order valence-electron chi connectivity index (χ0n) is 15.4. The van der Waals surface area contributed by atoms with E-state index in [1.165, 1.54) is 10.5 Å². The minimum atomic E-state index is -1.50. The molecule has 0 fully saturated rings. The van der Waals surface area contributed by atoms with E-state index in [0.29, 0.717) is 22.4 Å². The molecule has 3 aromatic rings. The second kappa shape index (κ2) is 11.7. The quantitative estimate of drug-likeness (QED) is 0.204. The maximum absolute atomic E-state index is 8.36. The molecule has 2 aromatic carbocycles. The lowest BCUT2D eigenvalue weighted by atomic mass is 10.1. The molecular formula is C19H19Cl2N3O4S. The fourth-order valence-corrected chi connectivity index (χ4v) is 3.58. The number of hydrogen-bond acceptors (Lipinski definition) is 5. The van der Waals surface area contributed by atoms with Crippen molar-refractivity contribution in [3.63, 3.8) is 0 Å². The van der Waals surface area contributed by atoms with E-state index in [2.05, 4.69) is 41.2 Å². The number of nitrogens with one attached hydrogen (secondary N) is 1. The predicted molar refractivity (Wildman–Crippen MR) is 113 cm³/mol. The minimum absolute atomic E-state index is 0.202. The average Bonchev–Trinajstić information content (AvgIpc) is 3.18. The van der Waals surface area contributed by atoms with Crippen LogP contribution >= 0.6 is 35.0 Å². The first-order valence-corrected chi connectivity index (χ1v) is 10.2. The molecule has 1 heterocycles. The highest BCUT2D eigenvalue weighted by atomic mass is 35.5. The van der Waals surface area contributed by atoms with Gasteiger partial charge >= 0.3 is 0 Å². The molecule has 3 rings (SSSR count). The van der Waals surface area contributed by atoms with Crippen LogP contribution in [0, 0.1) is 17.0 Å². The normalized spacial score (nSPS) is 11.4. The number of ether oxygens (including phenoxy) is 1. The summed E-state index contributed by atoms with van der Waals surface area (Å²) in [6.07, 6.45) is 3.94. The molecule has 29 heavy (non-hydrogen) atoms. The SMILES string of the molecule is Cc1ccc(SCOC(Cc2ccc(Cl)cc2Cl)c2ncc[nH]2)cc1.O=[N+]([O-])O. The van der Waals surface area contributed by atoms with Crippen molar-refractivity contribution in [1.82, 2.24) is 9.97 Å². The maximum Gasteiger partial charge on any atom is 0.291 e. The molecule has 7 nitrogen and oxygen atoms in total. The number of hydrogen-bond donors (Lipinski definition) is 2. The van der Waals surface area contributed by atoms with Crippen molar-refractivity contribution < 1.29 is 15.0 Å². The number of imidazole rings is 1. The fraction of sp³-hybridized carbons (Fsp3) is 0.211. The van der Waals surface area contributed by atoms with Gasteiger partial charge in [0.2, 0.25) is 0 Å². The number of thioether (sulfide) groups is 1.